The van der Waals surface area contributed by atoms with Crippen molar-refractivity contribution < 1.29 is 19.4 Å². The zero-order valence-corrected chi connectivity index (χ0v) is 32.6. The molecule has 1 N–H and O–H groups in total. The molecule has 46 heavy (non-hydrogen) atoms. The van der Waals surface area contributed by atoms with E-state index in [-0.39, 0.29) is 5.97 Å². The Hall–Kier alpha value is -1.10. The third-order valence-corrected chi connectivity index (χ3v) is 15.7. The first-order chi connectivity index (χ1) is 22.5. The number of hydrogen-bond acceptors (Lipinski definition) is 3. The maximum Gasteiger partial charge on any atom is 0.329 e. The predicted molar refractivity (Wildman–Crippen MR) is 203 cm³/mol. The Morgan fingerprint density at radius 3 is 0.913 bits per heavy atom. The molecule has 0 aromatic heterocycles. The molecule has 0 aliphatic carbocycles. The highest BCUT2D eigenvalue weighted by molar-refractivity contribution is 6.90. The number of ether oxygens (including phenoxy) is 1. The number of esters is 1. The summed E-state index contributed by atoms with van der Waals surface area (Å²) in [5, 5.41) is 10.4. The van der Waals surface area contributed by atoms with Gasteiger partial charge in [0.05, 0.1) is 15.2 Å². The maximum absolute atomic E-state index is 13.2. The minimum atomic E-state index is -2.34. The lowest BCUT2D eigenvalue weighted by molar-refractivity contribution is -0.136. The monoisotopic (exact) mass is 665 g/mol. The molecular formula is C41H80O4Si. The number of carboxylic acids is 1. The van der Waals surface area contributed by atoms with Crippen LogP contribution in [0.3, 0.4) is 0 Å². The number of rotatable bonds is 36. The highest BCUT2D eigenvalue weighted by Crippen LogP contribution is 2.36. The van der Waals surface area contributed by atoms with E-state index in [4.69, 9.17) is 4.74 Å². The molecule has 0 amide bonds. The zero-order valence-electron chi connectivity index (χ0n) is 31.6. The zero-order chi connectivity index (χ0) is 34.0. The van der Waals surface area contributed by atoms with Crippen LogP contribution in [0.15, 0.2) is 11.3 Å². The number of carbonyl (C=O) groups excluding carboxylic acids is 1. The Balaban J connectivity index is 5.28. The maximum atomic E-state index is 13.2. The molecule has 272 valence electrons. The molecule has 0 fully saturated rings. The predicted octanol–water partition coefficient (Wildman–Crippen LogP) is 13.9. The molecule has 0 aliphatic rings. The van der Waals surface area contributed by atoms with Gasteiger partial charge in [-0.05, 0) is 0 Å². The molecule has 0 rings (SSSR count). The fraction of sp³-hybridized carbons (Fsp3) is 0.902. The van der Waals surface area contributed by atoms with Crippen LogP contribution in [-0.2, 0) is 14.3 Å². The number of hydrogen-bond donors (Lipinski definition) is 1. The highest BCUT2D eigenvalue weighted by Gasteiger charge is 2.40. The van der Waals surface area contributed by atoms with E-state index in [0.29, 0.717) is 5.20 Å². The largest absolute Gasteiger partial charge is 0.478 e. The molecule has 0 spiro atoms. The van der Waals surface area contributed by atoms with Crippen LogP contribution in [0.2, 0.25) is 18.1 Å². The molecule has 0 bridgehead atoms. The van der Waals surface area contributed by atoms with Gasteiger partial charge in [0, 0.05) is 11.3 Å². The van der Waals surface area contributed by atoms with Crippen molar-refractivity contribution >= 4 is 20.0 Å². The van der Waals surface area contributed by atoms with Crippen molar-refractivity contribution in [3.63, 3.8) is 0 Å². The van der Waals surface area contributed by atoms with Crippen LogP contribution in [0, 0.1) is 0 Å². The molecule has 5 heteroatoms. The average molecular weight is 665 g/mol. The molecule has 0 unspecified atom stereocenters. The normalized spacial score (nSPS) is 12.1. The Kier molecular flexibility index (Phi) is 33.0. The van der Waals surface area contributed by atoms with Crippen LogP contribution < -0.4 is 0 Å². The van der Waals surface area contributed by atoms with Gasteiger partial charge in [-0.2, -0.15) is 0 Å². The van der Waals surface area contributed by atoms with Gasteiger partial charge in [0.1, 0.15) is 0 Å². The van der Waals surface area contributed by atoms with Crippen LogP contribution in [0.5, 0.6) is 0 Å². The first-order valence-corrected chi connectivity index (χ1v) is 23.1. The van der Waals surface area contributed by atoms with Crippen molar-refractivity contribution in [3.05, 3.63) is 11.3 Å². The SMILES string of the molecule is CCCCCCCCCCCC[Si](CCCCCCCCCCCC)(CCCCCCCCCCCC)/C(=C/C(=O)O)C(=O)OC. The van der Waals surface area contributed by atoms with Gasteiger partial charge in [0.2, 0.25) is 0 Å². The summed E-state index contributed by atoms with van der Waals surface area (Å²) < 4.78 is 5.28. The molecule has 0 aromatic carbocycles. The minimum Gasteiger partial charge on any atom is -0.478 e. The number of aliphatic carboxylic acids is 1. The third-order valence-electron chi connectivity index (χ3n) is 10.3. The first-order valence-electron chi connectivity index (χ1n) is 20.5. The van der Waals surface area contributed by atoms with E-state index in [1.54, 1.807) is 0 Å². The smallest absolute Gasteiger partial charge is 0.329 e. The van der Waals surface area contributed by atoms with E-state index >= 15 is 0 Å². The molecule has 4 nitrogen and oxygen atoms in total. The lowest BCUT2D eigenvalue weighted by atomic mass is 10.1. The van der Waals surface area contributed by atoms with Crippen LogP contribution in [-0.4, -0.2) is 32.2 Å². The Bertz CT molecular complexity index is 659. The number of carbonyl (C=O) groups is 2. The van der Waals surface area contributed by atoms with Crippen LogP contribution >= 0.6 is 0 Å². The van der Waals surface area contributed by atoms with E-state index in [9.17, 15) is 14.7 Å². The van der Waals surface area contributed by atoms with Gasteiger partial charge in [-0.1, -0.05) is 232 Å². The second-order valence-corrected chi connectivity index (χ2v) is 19.1. The molecule has 0 saturated heterocycles. The number of methoxy groups -OCH3 is 1. The lowest BCUT2D eigenvalue weighted by Crippen LogP contribution is -2.41. The third kappa shape index (κ3) is 25.9. The van der Waals surface area contributed by atoms with Gasteiger partial charge in [0.25, 0.3) is 0 Å². The van der Waals surface area contributed by atoms with Crippen molar-refractivity contribution in [3.8, 4) is 0 Å². The van der Waals surface area contributed by atoms with Crippen LogP contribution in [0.25, 0.3) is 0 Å². The van der Waals surface area contributed by atoms with E-state index in [1.165, 1.54) is 187 Å². The van der Waals surface area contributed by atoms with E-state index < -0.39 is 14.0 Å². The molecule has 0 aliphatic heterocycles. The Labute approximate surface area is 288 Å². The van der Waals surface area contributed by atoms with Gasteiger partial charge in [0.15, 0.2) is 0 Å². The second-order valence-electron chi connectivity index (χ2n) is 14.5. The van der Waals surface area contributed by atoms with Gasteiger partial charge < -0.3 is 9.84 Å². The summed E-state index contributed by atoms with van der Waals surface area (Å²) in [5.41, 5.74) is 0. The topological polar surface area (TPSA) is 63.6 Å². The quantitative estimate of drug-likeness (QED) is 0.0313. The fourth-order valence-electron chi connectivity index (χ4n) is 7.29. The number of unbranched alkanes of at least 4 members (excludes halogenated alkanes) is 27. The molecular weight excluding hydrogens is 585 g/mol. The first kappa shape index (κ1) is 44.9. The molecule has 0 atom stereocenters. The van der Waals surface area contributed by atoms with E-state index in [0.717, 1.165) is 37.4 Å². The van der Waals surface area contributed by atoms with E-state index in [1.807, 2.05) is 0 Å². The van der Waals surface area contributed by atoms with Crippen LogP contribution in [0.4, 0.5) is 0 Å². The molecule has 0 radical (unpaired) electrons. The van der Waals surface area contributed by atoms with Gasteiger partial charge in [-0.3, -0.25) is 0 Å². The van der Waals surface area contributed by atoms with Gasteiger partial charge >= 0.3 is 11.9 Å². The fourth-order valence-corrected chi connectivity index (χ4v) is 12.6. The summed E-state index contributed by atoms with van der Waals surface area (Å²) in [5.74, 6) is -1.37. The van der Waals surface area contributed by atoms with Crippen molar-refractivity contribution in [2.45, 2.75) is 232 Å². The van der Waals surface area contributed by atoms with Crippen molar-refractivity contribution in [2.75, 3.05) is 7.11 Å². The lowest BCUT2D eigenvalue weighted by Gasteiger charge is -2.33. The highest BCUT2D eigenvalue weighted by atomic mass is 28.3. The van der Waals surface area contributed by atoms with Crippen LogP contribution in [0.1, 0.15) is 213 Å². The summed E-state index contributed by atoms with van der Waals surface area (Å²) in [4.78, 5) is 25.3. The van der Waals surface area contributed by atoms with Crippen molar-refractivity contribution in [2.24, 2.45) is 0 Å². The molecule has 0 saturated carbocycles. The number of carboxylic acid groups (broad SMARTS) is 1. The summed E-state index contributed by atoms with van der Waals surface area (Å²) in [7, 11) is -0.908. The van der Waals surface area contributed by atoms with Gasteiger partial charge in [-0.15, -0.1) is 0 Å². The molecule has 0 aromatic rings. The summed E-state index contributed by atoms with van der Waals surface area (Å²) in [6.45, 7) is 6.81. The Morgan fingerprint density at radius 1 is 0.457 bits per heavy atom. The average Bonchev–Trinajstić information content (AvgIpc) is 3.05. The summed E-state index contributed by atoms with van der Waals surface area (Å²) >= 11 is 0. The second kappa shape index (κ2) is 33.8. The van der Waals surface area contributed by atoms with E-state index in [2.05, 4.69) is 20.8 Å². The Morgan fingerprint density at radius 2 is 0.696 bits per heavy atom. The van der Waals surface area contributed by atoms with Crippen molar-refractivity contribution in [1.29, 1.82) is 0 Å². The standard InChI is InChI=1S/C41H80O4Si/c1-5-8-11-14-17-20-23-26-29-32-35-46(39(38-40(42)43)41(44)45-4,36-33-30-27-24-21-18-15-12-9-6-2)37-34-31-28-25-22-19-16-13-10-7-3/h38H,5-37H2,1-4H3,(H,42,43)/b39-38+. The van der Waals surface area contributed by atoms with Gasteiger partial charge in [-0.25, -0.2) is 9.59 Å². The summed E-state index contributed by atoms with van der Waals surface area (Å²) in [6, 6.07) is 3.10. The summed E-state index contributed by atoms with van der Waals surface area (Å²) in [6.07, 6.45) is 40.1. The molecule has 0 heterocycles. The minimum absolute atomic E-state index is 0.375. The van der Waals surface area contributed by atoms with Crippen molar-refractivity contribution in [1.82, 2.24) is 0 Å².